The van der Waals surface area contributed by atoms with E-state index in [1.807, 2.05) is 9.80 Å². The minimum Gasteiger partial charge on any atom is -0.342 e. The van der Waals surface area contributed by atoms with Crippen LogP contribution in [0.15, 0.2) is 24.3 Å². The summed E-state index contributed by atoms with van der Waals surface area (Å²) in [7, 11) is 0. The van der Waals surface area contributed by atoms with Crippen molar-refractivity contribution in [3.8, 4) is 0 Å². The summed E-state index contributed by atoms with van der Waals surface area (Å²) in [5.74, 6) is 1.04. The summed E-state index contributed by atoms with van der Waals surface area (Å²) in [4.78, 5) is 40.3. The lowest BCUT2D eigenvalue weighted by molar-refractivity contribution is -0.384. The number of hydrogen-bond donors (Lipinski definition) is 0. The molecule has 3 rings (SSSR count). The highest BCUT2D eigenvalue weighted by atomic mass is 32.2. The van der Waals surface area contributed by atoms with E-state index in [1.165, 1.54) is 12.1 Å². The minimum atomic E-state index is -0.474. The Morgan fingerprint density at radius 1 is 1.23 bits per heavy atom. The number of unbranched alkanes of at least 4 members (excludes halogenated alkanes) is 1. The van der Waals surface area contributed by atoms with Gasteiger partial charge in [-0.25, -0.2) is 0 Å². The summed E-state index contributed by atoms with van der Waals surface area (Å²) >= 11 is 1.78. The lowest BCUT2D eigenvalue weighted by Gasteiger charge is -2.44. The van der Waals surface area contributed by atoms with Crippen LogP contribution < -0.4 is 0 Å². The summed E-state index contributed by atoms with van der Waals surface area (Å²) in [6.45, 7) is 6.18. The number of nitro groups is 1. The average molecular weight is 434 g/mol. The van der Waals surface area contributed by atoms with Crippen LogP contribution in [0.1, 0.15) is 62.7 Å². The predicted octanol–water partition coefficient (Wildman–Crippen LogP) is 4.32. The minimum absolute atomic E-state index is 0.0696. The van der Waals surface area contributed by atoms with Crippen molar-refractivity contribution < 1.29 is 14.5 Å². The van der Waals surface area contributed by atoms with Gasteiger partial charge in [0.2, 0.25) is 5.91 Å². The number of non-ortho nitro benzene ring substituents is 1. The highest BCUT2D eigenvalue weighted by molar-refractivity contribution is 8.00. The molecule has 0 saturated carbocycles. The number of benzene rings is 1. The fourth-order valence-corrected chi connectivity index (χ4v) is 5.96. The first-order valence-electron chi connectivity index (χ1n) is 10.9. The Labute approximate surface area is 182 Å². The summed E-state index contributed by atoms with van der Waals surface area (Å²) in [6, 6.07) is 5.96. The summed E-state index contributed by atoms with van der Waals surface area (Å²) in [5.41, 5.74) is 0.287. The zero-order valence-corrected chi connectivity index (χ0v) is 18.7. The normalized spacial score (nSPS) is 19.1. The van der Waals surface area contributed by atoms with Crippen molar-refractivity contribution in [1.82, 2.24) is 9.80 Å². The monoisotopic (exact) mass is 433 g/mol. The maximum Gasteiger partial charge on any atom is 0.270 e. The summed E-state index contributed by atoms with van der Waals surface area (Å²) in [6.07, 6.45) is 5.47. The third-order valence-electron chi connectivity index (χ3n) is 6.33. The van der Waals surface area contributed by atoms with E-state index in [-0.39, 0.29) is 28.3 Å². The zero-order chi connectivity index (χ0) is 21.7. The van der Waals surface area contributed by atoms with Gasteiger partial charge in [0.1, 0.15) is 0 Å². The summed E-state index contributed by atoms with van der Waals surface area (Å²) < 4.78 is 0. The number of hydrogen-bond acceptors (Lipinski definition) is 5. The quantitative estimate of drug-likeness (QED) is 0.472. The smallest absolute Gasteiger partial charge is 0.270 e. The Hall–Kier alpha value is -2.09. The molecule has 1 aromatic rings. The molecule has 0 aromatic heterocycles. The van der Waals surface area contributed by atoms with Gasteiger partial charge in [0.15, 0.2) is 0 Å². The highest BCUT2D eigenvalue weighted by Crippen LogP contribution is 2.45. The van der Waals surface area contributed by atoms with Gasteiger partial charge in [-0.2, -0.15) is 0 Å². The van der Waals surface area contributed by atoms with Crippen LogP contribution in [0, 0.1) is 16.0 Å². The van der Waals surface area contributed by atoms with E-state index in [2.05, 4.69) is 13.8 Å². The lowest BCUT2D eigenvalue weighted by Crippen LogP contribution is -2.54. The first-order valence-corrected chi connectivity index (χ1v) is 11.9. The second-order valence-electron chi connectivity index (χ2n) is 8.13. The molecule has 8 heteroatoms. The van der Waals surface area contributed by atoms with Crippen LogP contribution in [0.3, 0.4) is 0 Å². The molecule has 0 N–H and O–H groups in total. The van der Waals surface area contributed by atoms with Gasteiger partial charge >= 0.3 is 0 Å². The van der Waals surface area contributed by atoms with Crippen molar-refractivity contribution in [3.05, 3.63) is 39.9 Å². The molecule has 1 unspecified atom stereocenters. The molecule has 2 saturated heterocycles. The van der Waals surface area contributed by atoms with Crippen LogP contribution >= 0.6 is 11.8 Å². The second-order valence-corrected chi connectivity index (χ2v) is 9.59. The van der Waals surface area contributed by atoms with Gasteiger partial charge in [0.05, 0.1) is 9.79 Å². The van der Waals surface area contributed by atoms with Gasteiger partial charge in [-0.1, -0.05) is 32.8 Å². The Morgan fingerprint density at radius 2 is 1.97 bits per heavy atom. The van der Waals surface area contributed by atoms with Crippen molar-refractivity contribution in [2.24, 2.45) is 5.92 Å². The van der Waals surface area contributed by atoms with E-state index in [1.54, 1.807) is 23.9 Å². The SMILES string of the molecule is CCCCC(CC)C(=O)N1CCC2(CC1)SCCN2C(=O)c1cccc([N+](=O)[O-])c1. The van der Waals surface area contributed by atoms with Gasteiger partial charge in [-0.3, -0.25) is 19.7 Å². The van der Waals surface area contributed by atoms with Crippen LogP contribution in [-0.4, -0.2) is 56.8 Å². The van der Waals surface area contributed by atoms with E-state index in [0.29, 0.717) is 25.2 Å². The third-order valence-corrected chi connectivity index (χ3v) is 7.88. The van der Waals surface area contributed by atoms with E-state index in [4.69, 9.17) is 0 Å². The molecule has 7 nitrogen and oxygen atoms in total. The first kappa shape index (κ1) is 22.6. The third kappa shape index (κ3) is 4.63. The van der Waals surface area contributed by atoms with Gasteiger partial charge in [0.25, 0.3) is 11.6 Å². The van der Waals surface area contributed by atoms with Crippen molar-refractivity contribution in [1.29, 1.82) is 0 Å². The molecular formula is C22H31N3O4S. The van der Waals surface area contributed by atoms with Crippen molar-refractivity contribution >= 4 is 29.3 Å². The second kappa shape index (κ2) is 9.81. The molecule has 1 spiro atoms. The molecule has 164 valence electrons. The molecule has 2 aliphatic heterocycles. The standard InChI is InChI=1S/C22H31N3O4S/c1-3-5-7-17(4-2)20(26)23-12-10-22(11-13-23)24(14-15-30-22)21(27)18-8-6-9-19(16-18)25(28)29/h6,8-9,16-17H,3-5,7,10-15H2,1-2H3. The molecular weight excluding hydrogens is 402 g/mol. The molecule has 2 heterocycles. The lowest BCUT2D eigenvalue weighted by atomic mass is 9.95. The van der Waals surface area contributed by atoms with E-state index >= 15 is 0 Å². The fraction of sp³-hybridized carbons (Fsp3) is 0.636. The van der Waals surface area contributed by atoms with E-state index in [0.717, 1.165) is 44.3 Å². The van der Waals surface area contributed by atoms with Crippen molar-refractivity contribution in [3.63, 3.8) is 0 Å². The maximum atomic E-state index is 13.2. The molecule has 2 amide bonds. The molecule has 0 bridgehead atoms. The van der Waals surface area contributed by atoms with Gasteiger partial charge < -0.3 is 9.80 Å². The van der Waals surface area contributed by atoms with Gasteiger partial charge in [0, 0.05) is 49.0 Å². The maximum absolute atomic E-state index is 13.2. The summed E-state index contributed by atoms with van der Waals surface area (Å²) in [5, 5.41) is 11.1. The largest absolute Gasteiger partial charge is 0.342 e. The Kier molecular flexibility index (Phi) is 7.39. The molecule has 2 fully saturated rings. The van der Waals surface area contributed by atoms with Crippen molar-refractivity contribution in [2.75, 3.05) is 25.4 Å². The molecule has 0 radical (unpaired) electrons. The van der Waals surface area contributed by atoms with Crippen molar-refractivity contribution in [2.45, 2.75) is 57.2 Å². The number of nitrogens with zero attached hydrogens (tertiary/aromatic N) is 3. The van der Waals surface area contributed by atoms with Crippen LogP contribution in [0.4, 0.5) is 5.69 Å². The van der Waals surface area contributed by atoms with Gasteiger partial charge in [-0.15, -0.1) is 11.8 Å². The topological polar surface area (TPSA) is 83.8 Å². The number of nitro benzene ring substituents is 1. The highest BCUT2D eigenvalue weighted by Gasteiger charge is 2.47. The number of carbonyl (C=O) groups is 2. The molecule has 30 heavy (non-hydrogen) atoms. The van der Waals surface area contributed by atoms with E-state index < -0.39 is 4.92 Å². The van der Waals surface area contributed by atoms with Crippen LogP contribution in [0.2, 0.25) is 0 Å². The van der Waals surface area contributed by atoms with Gasteiger partial charge in [-0.05, 0) is 31.7 Å². The first-order chi connectivity index (χ1) is 14.4. The molecule has 1 atom stereocenters. The molecule has 2 aliphatic rings. The number of piperidine rings is 1. The predicted molar refractivity (Wildman–Crippen MR) is 118 cm³/mol. The zero-order valence-electron chi connectivity index (χ0n) is 17.8. The van der Waals surface area contributed by atoms with Crippen LogP contribution in [0.5, 0.6) is 0 Å². The number of amides is 2. The average Bonchev–Trinajstić information content (AvgIpc) is 3.17. The van der Waals surface area contributed by atoms with Crippen LogP contribution in [-0.2, 0) is 4.79 Å². The number of likely N-dealkylation sites (tertiary alicyclic amines) is 1. The Bertz CT molecular complexity index is 792. The fourth-order valence-electron chi connectivity index (χ4n) is 4.51. The molecule has 1 aromatic carbocycles. The van der Waals surface area contributed by atoms with Crippen LogP contribution in [0.25, 0.3) is 0 Å². The molecule has 0 aliphatic carbocycles. The number of carbonyl (C=O) groups excluding carboxylic acids is 2. The Morgan fingerprint density at radius 3 is 2.60 bits per heavy atom. The number of thioether (sulfide) groups is 1. The Balaban J connectivity index is 1.69. The number of rotatable bonds is 7. The van der Waals surface area contributed by atoms with E-state index in [9.17, 15) is 19.7 Å².